The van der Waals surface area contributed by atoms with Crippen LogP contribution in [0, 0.1) is 0 Å². The summed E-state index contributed by atoms with van der Waals surface area (Å²) in [7, 11) is 0. The number of aliphatic hydroxyl groups excluding tert-OH is 1. The van der Waals surface area contributed by atoms with Crippen molar-refractivity contribution in [3.63, 3.8) is 0 Å². The number of carbonyl (C=O) groups excluding carboxylic acids is 2. The molecule has 0 aliphatic carbocycles. The SMILES string of the molecule is O=C(Nc1ccsc1)C(=O)N1CC[C@@H](O)C1. The molecule has 0 spiro atoms. The van der Waals surface area contributed by atoms with E-state index < -0.39 is 17.9 Å². The van der Waals surface area contributed by atoms with Crippen LogP contribution in [0.4, 0.5) is 5.69 Å². The van der Waals surface area contributed by atoms with E-state index in [1.165, 1.54) is 16.2 Å². The molecule has 2 amide bonds. The van der Waals surface area contributed by atoms with Gasteiger partial charge in [-0.15, -0.1) is 0 Å². The first-order valence-corrected chi connectivity index (χ1v) is 5.91. The molecule has 1 aliphatic heterocycles. The third-order valence-corrected chi connectivity index (χ3v) is 3.11. The van der Waals surface area contributed by atoms with Crippen LogP contribution in [0.5, 0.6) is 0 Å². The maximum atomic E-state index is 11.6. The Hall–Kier alpha value is -1.40. The largest absolute Gasteiger partial charge is 0.391 e. The van der Waals surface area contributed by atoms with Crippen LogP contribution in [0.15, 0.2) is 16.8 Å². The van der Waals surface area contributed by atoms with Crippen LogP contribution >= 0.6 is 11.3 Å². The number of hydrogen-bond donors (Lipinski definition) is 2. The normalized spacial score (nSPS) is 19.8. The molecule has 0 bridgehead atoms. The van der Waals surface area contributed by atoms with Crippen molar-refractivity contribution in [1.29, 1.82) is 0 Å². The van der Waals surface area contributed by atoms with Crippen molar-refractivity contribution in [3.05, 3.63) is 16.8 Å². The van der Waals surface area contributed by atoms with E-state index in [9.17, 15) is 14.7 Å². The number of aliphatic hydroxyl groups is 1. The molecule has 1 aliphatic rings. The minimum atomic E-state index is -0.646. The van der Waals surface area contributed by atoms with Gasteiger partial charge in [0.2, 0.25) is 0 Å². The fraction of sp³-hybridized carbons (Fsp3) is 0.400. The standard InChI is InChI=1S/C10H12N2O3S/c13-8-1-3-12(5-8)10(15)9(14)11-7-2-4-16-6-7/h2,4,6,8,13H,1,3,5H2,(H,11,14)/t8-/m1/s1. The fourth-order valence-electron chi connectivity index (χ4n) is 1.59. The minimum Gasteiger partial charge on any atom is -0.391 e. The van der Waals surface area contributed by atoms with Crippen molar-refractivity contribution < 1.29 is 14.7 Å². The molecule has 2 rings (SSSR count). The molecule has 1 fully saturated rings. The second kappa shape index (κ2) is 4.63. The van der Waals surface area contributed by atoms with Crippen molar-refractivity contribution in [3.8, 4) is 0 Å². The average molecular weight is 240 g/mol. The number of carbonyl (C=O) groups is 2. The maximum Gasteiger partial charge on any atom is 0.313 e. The van der Waals surface area contributed by atoms with Crippen LogP contribution in [0.1, 0.15) is 6.42 Å². The molecule has 0 aromatic carbocycles. The van der Waals surface area contributed by atoms with Crippen LogP contribution < -0.4 is 5.32 Å². The third-order valence-electron chi connectivity index (χ3n) is 2.42. The number of amides is 2. The van der Waals surface area contributed by atoms with Gasteiger partial charge in [-0.3, -0.25) is 9.59 Å². The number of likely N-dealkylation sites (tertiary alicyclic amines) is 1. The molecule has 6 heteroatoms. The molecule has 1 saturated heterocycles. The summed E-state index contributed by atoms with van der Waals surface area (Å²) in [6.07, 6.45) is 0.0372. The number of β-amino-alcohol motifs (C(OH)–C–C–N with tert-alkyl or cyclic N) is 1. The highest BCUT2D eigenvalue weighted by molar-refractivity contribution is 7.08. The Morgan fingerprint density at radius 1 is 1.56 bits per heavy atom. The predicted molar refractivity (Wildman–Crippen MR) is 60.2 cm³/mol. The van der Waals surface area contributed by atoms with Crippen LogP contribution in [0.3, 0.4) is 0 Å². The van der Waals surface area contributed by atoms with E-state index in [0.29, 0.717) is 18.7 Å². The Bertz CT molecular complexity index is 391. The summed E-state index contributed by atoms with van der Waals surface area (Å²) >= 11 is 1.45. The van der Waals surface area contributed by atoms with Gasteiger partial charge in [-0.1, -0.05) is 0 Å². The molecular weight excluding hydrogens is 228 g/mol. The Labute approximate surface area is 96.7 Å². The minimum absolute atomic E-state index is 0.246. The van der Waals surface area contributed by atoms with Gasteiger partial charge in [0, 0.05) is 18.5 Å². The molecule has 1 atom stereocenters. The second-order valence-corrected chi connectivity index (χ2v) is 4.44. The Balaban J connectivity index is 1.92. The quantitative estimate of drug-likeness (QED) is 0.693. The number of hydrogen-bond acceptors (Lipinski definition) is 4. The van der Waals surface area contributed by atoms with E-state index in [2.05, 4.69) is 5.32 Å². The van der Waals surface area contributed by atoms with Crippen molar-refractivity contribution in [2.45, 2.75) is 12.5 Å². The molecule has 0 radical (unpaired) electrons. The lowest BCUT2D eigenvalue weighted by Crippen LogP contribution is -2.38. The number of rotatable bonds is 1. The Morgan fingerprint density at radius 2 is 2.38 bits per heavy atom. The van der Waals surface area contributed by atoms with Gasteiger partial charge in [0.25, 0.3) is 0 Å². The number of thiophene rings is 1. The summed E-state index contributed by atoms with van der Waals surface area (Å²) in [6.45, 7) is 0.687. The zero-order valence-corrected chi connectivity index (χ0v) is 9.37. The summed E-state index contributed by atoms with van der Waals surface area (Å²) < 4.78 is 0. The first kappa shape index (κ1) is 11.1. The summed E-state index contributed by atoms with van der Waals surface area (Å²) in [5, 5.41) is 15.3. The maximum absolute atomic E-state index is 11.6. The van der Waals surface area contributed by atoms with E-state index in [-0.39, 0.29) is 6.54 Å². The number of nitrogens with one attached hydrogen (secondary N) is 1. The molecule has 1 aromatic rings. The fourth-order valence-corrected chi connectivity index (χ4v) is 2.18. The molecule has 2 N–H and O–H groups in total. The zero-order chi connectivity index (χ0) is 11.5. The topological polar surface area (TPSA) is 69.6 Å². The lowest BCUT2D eigenvalue weighted by molar-refractivity contribution is -0.142. The van der Waals surface area contributed by atoms with E-state index >= 15 is 0 Å². The molecule has 5 nitrogen and oxygen atoms in total. The second-order valence-electron chi connectivity index (χ2n) is 3.66. The van der Waals surface area contributed by atoms with Crippen molar-refractivity contribution in [1.82, 2.24) is 4.90 Å². The molecule has 1 aromatic heterocycles. The van der Waals surface area contributed by atoms with E-state index in [1.807, 2.05) is 5.38 Å². The first-order valence-electron chi connectivity index (χ1n) is 4.97. The zero-order valence-electron chi connectivity index (χ0n) is 8.55. The van der Waals surface area contributed by atoms with Crippen LogP contribution in [0.25, 0.3) is 0 Å². The van der Waals surface area contributed by atoms with Gasteiger partial charge in [0.15, 0.2) is 0 Å². The first-order chi connectivity index (χ1) is 7.66. The summed E-state index contributed by atoms with van der Waals surface area (Å²) in [5.74, 6) is -1.23. The van der Waals surface area contributed by atoms with Gasteiger partial charge < -0.3 is 15.3 Å². The van der Waals surface area contributed by atoms with Crippen molar-refractivity contribution >= 4 is 28.8 Å². The van der Waals surface area contributed by atoms with Crippen LogP contribution in [-0.4, -0.2) is 41.0 Å². The highest BCUT2D eigenvalue weighted by atomic mass is 32.1. The molecule has 0 unspecified atom stereocenters. The van der Waals surface area contributed by atoms with Gasteiger partial charge in [0.05, 0.1) is 11.8 Å². The Morgan fingerprint density at radius 3 is 2.94 bits per heavy atom. The summed E-state index contributed by atoms with van der Waals surface area (Å²) in [5.41, 5.74) is 0.628. The van der Waals surface area contributed by atoms with Crippen LogP contribution in [-0.2, 0) is 9.59 Å². The Kier molecular flexibility index (Phi) is 3.21. The van der Waals surface area contributed by atoms with Crippen molar-refractivity contribution in [2.24, 2.45) is 0 Å². The average Bonchev–Trinajstić information content (AvgIpc) is 2.88. The van der Waals surface area contributed by atoms with Gasteiger partial charge in [-0.2, -0.15) is 11.3 Å². The predicted octanol–water partition coefficient (Wildman–Crippen LogP) is 0.280. The molecule has 16 heavy (non-hydrogen) atoms. The third kappa shape index (κ3) is 2.40. The molecule has 0 saturated carbocycles. The van der Waals surface area contributed by atoms with Crippen LogP contribution in [0.2, 0.25) is 0 Å². The van der Waals surface area contributed by atoms with Gasteiger partial charge >= 0.3 is 11.8 Å². The van der Waals surface area contributed by atoms with Gasteiger partial charge in [-0.25, -0.2) is 0 Å². The molecule has 86 valence electrons. The van der Waals surface area contributed by atoms with Crippen molar-refractivity contribution in [2.75, 3.05) is 18.4 Å². The van der Waals surface area contributed by atoms with E-state index in [1.54, 1.807) is 11.4 Å². The number of anilines is 1. The highest BCUT2D eigenvalue weighted by Gasteiger charge is 2.28. The lowest BCUT2D eigenvalue weighted by Gasteiger charge is -2.14. The smallest absolute Gasteiger partial charge is 0.313 e. The van der Waals surface area contributed by atoms with E-state index in [0.717, 1.165) is 0 Å². The molecule has 2 heterocycles. The number of nitrogens with zero attached hydrogens (tertiary/aromatic N) is 1. The lowest BCUT2D eigenvalue weighted by atomic mass is 10.3. The van der Waals surface area contributed by atoms with Gasteiger partial charge in [0.1, 0.15) is 0 Å². The van der Waals surface area contributed by atoms with E-state index in [4.69, 9.17) is 0 Å². The summed E-state index contributed by atoms with van der Waals surface area (Å²) in [4.78, 5) is 24.5. The summed E-state index contributed by atoms with van der Waals surface area (Å²) in [6, 6.07) is 1.73. The van der Waals surface area contributed by atoms with Gasteiger partial charge in [-0.05, 0) is 17.9 Å². The monoisotopic (exact) mass is 240 g/mol. The highest BCUT2D eigenvalue weighted by Crippen LogP contribution is 2.13. The molecular formula is C10H12N2O3S.